The van der Waals surface area contributed by atoms with Gasteiger partial charge in [-0.1, -0.05) is 31.5 Å². The number of hydrogen-bond acceptors (Lipinski definition) is 3. The summed E-state index contributed by atoms with van der Waals surface area (Å²) in [5, 5.41) is 0.750. The Balaban J connectivity index is 2.27. The Morgan fingerprint density at radius 1 is 1.38 bits per heavy atom. The number of ether oxygens (including phenoxy) is 1. The minimum atomic E-state index is 0.139. The van der Waals surface area contributed by atoms with Crippen molar-refractivity contribution in [1.29, 1.82) is 0 Å². The first-order valence-corrected chi connectivity index (χ1v) is 8.24. The molecule has 1 saturated carbocycles. The average Bonchev–Trinajstić information content (AvgIpc) is 3.28. The molecule has 0 aliphatic heterocycles. The molecule has 0 aromatic heterocycles. The van der Waals surface area contributed by atoms with Gasteiger partial charge < -0.3 is 10.5 Å². The number of nitrogens with two attached hydrogens (primary N) is 1. The van der Waals surface area contributed by atoms with Gasteiger partial charge in [-0.05, 0) is 43.9 Å². The van der Waals surface area contributed by atoms with E-state index < -0.39 is 0 Å². The van der Waals surface area contributed by atoms with Gasteiger partial charge in [-0.3, -0.25) is 4.90 Å². The molecule has 118 valence electrons. The monoisotopic (exact) mass is 310 g/mol. The number of hydrogen-bond donors (Lipinski definition) is 1. The number of nitrogens with zero attached hydrogens (tertiary/aromatic N) is 1. The molecule has 1 fully saturated rings. The summed E-state index contributed by atoms with van der Waals surface area (Å²) in [7, 11) is 1.69. The van der Waals surface area contributed by atoms with Gasteiger partial charge >= 0.3 is 0 Å². The summed E-state index contributed by atoms with van der Waals surface area (Å²) in [4.78, 5) is 2.53. The Labute approximate surface area is 133 Å². The summed E-state index contributed by atoms with van der Waals surface area (Å²) < 4.78 is 5.52. The van der Waals surface area contributed by atoms with Gasteiger partial charge in [0, 0.05) is 23.2 Å². The minimum absolute atomic E-state index is 0.139. The molecule has 4 heteroatoms. The maximum Gasteiger partial charge on any atom is 0.125 e. The third-order valence-electron chi connectivity index (χ3n) is 4.17. The Kier molecular flexibility index (Phi) is 5.91. The fourth-order valence-electron chi connectivity index (χ4n) is 2.84. The molecular formula is C17H27ClN2O. The van der Waals surface area contributed by atoms with Crippen LogP contribution in [-0.4, -0.2) is 31.1 Å². The van der Waals surface area contributed by atoms with E-state index in [4.69, 9.17) is 22.1 Å². The Morgan fingerprint density at radius 2 is 2.10 bits per heavy atom. The van der Waals surface area contributed by atoms with Crippen LogP contribution >= 0.6 is 11.6 Å². The van der Waals surface area contributed by atoms with E-state index in [0.717, 1.165) is 22.9 Å². The van der Waals surface area contributed by atoms with E-state index in [-0.39, 0.29) is 6.04 Å². The maximum atomic E-state index is 6.45. The second-order valence-corrected chi connectivity index (χ2v) is 6.67. The van der Waals surface area contributed by atoms with Crippen molar-refractivity contribution in [1.82, 2.24) is 4.90 Å². The maximum absolute atomic E-state index is 6.45. The van der Waals surface area contributed by atoms with Crippen LogP contribution in [0.2, 0.25) is 5.02 Å². The summed E-state index contributed by atoms with van der Waals surface area (Å²) in [6, 6.07) is 6.61. The molecule has 3 nitrogen and oxygen atoms in total. The van der Waals surface area contributed by atoms with Crippen LogP contribution in [0.15, 0.2) is 18.2 Å². The van der Waals surface area contributed by atoms with Gasteiger partial charge in [-0.25, -0.2) is 0 Å². The first-order chi connectivity index (χ1) is 10.1. The zero-order chi connectivity index (χ0) is 15.4. The van der Waals surface area contributed by atoms with Gasteiger partial charge in [0.2, 0.25) is 0 Å². The quantitative estimate of drug-likeness (QED) is 0.792. The number of benzene rings is 1. The Bertz CT molecular complexity index is 460. The fraction of sp³-hybridized carbons (Fsp3) is 0.647. The molecule has 0 bridgehead atoms. The summed E-state index contributed by atoms with van der Waals surface area (Å²) in [5.41, 5.74) is 7.16. The standard InChI is InChI=1S/C17H27ClN2O/c1-12(2)9-10-20(13-7-8-13)15(11-19)17-14(18)5-4-6-16(17)21-3/h4-6,12-13,15H,7-11,19H2,1-3H3. The van der Waals surface area contributed by atoms with Gasteiger partial charge in [0.25, 0.3) is 0 Å². The topological polar surface area (TPSA) is 38.5 Å². The highest BCUT2D eigenvalue weighted by Crippen LogP contribution is 2.40. The molecule has 0 amide bonds. The van der Waals surface area contributed by atoms with Crippen LogP contribution in [0.3, 0.4) is 0 Å². The van der Waals surface area contributed by atoms with Crippen molar-refractivity contribution in [2.45, 2.75) is 45.2 Å². The van der Waals surface area contributed by atoms with Crippen LogP contribution in [0.25, 0.3) is 0 Å². The van der Waals surface area contributed by atoms with Gasteiger partial charge in [0.1, 0.15) is 5.75 Å². The van der Waals surface area contributed by atoms with Gasteiger partial charge in [0.15, 0.2) is 0 Å². The van der Waals surface area contributed by atoms with Crippen molar-refractivity contribution in [2.75, 3.05) is 20.2 Å². The summed E-state index contributed by atoms with van der Waals surface area (Å²) in [6.07, 6.45) is 3.71. The lowest BCUT2D eigenvalue weighted by Crippen LogP contribution is -2.37. The summed E-state index contributed by atoms with van der Waals surface area (Å²) >= 11 is 6.45. The lowest BCUT2D eigenvalue weighted by molar-refractivity contribution is 0.178. The van der Waals surface area contributed by atoms with E-state index in [0.29, 0.717) is 18.5 Å². The van der Waals surface area contributed by atoms with Gasteiger partial charge in [-0.2, -0.15) is 0 Å². The molecule has 0 spiro atoms. The van der Waals surface area contributed by atoms with Crippen molar-refractivity contribution >= 4 is 11.6 Å². The molecule has 1 aliphatic carbocycles. The smallest absolute Gasteiger partial charge is 0.125 e. The van der Waals surface area contributed by atoms with Crippen LogP contribution < -0.4 is 10.5 Å². The van der Waals surface area contributed by atoms with Crippen molar-refractivity contribution in [3.8, 4) is 5.75 Å². The molecule has 1 aromatic carbocycles. The zero-order valence-corrected chi connectivity index (χ0v) is 14.1. The second kappa shape index (κ2) is 7.48. The molecular weight excluding hydrogens is 284 g/mol. The molecule has 1 aromatic rings. The molecule has 0 radical (unpaired) electrons. The number of halogens is 1. The zero-order valence-electron chi connectivity index (χ0n) is 13.3. The lowest BCUT2D eigenvalue weighted by atomic mass is 10.0. The van der Waals surface area contributed by atoms with E-state index in [1.54, 1.807) is 7.11 Å². The van der Waals surface area contributed by atoms with Gasteiger partial charge in [-0.15, -0.1) is 0 Å². The van der Waals surface area contributed by atoms with Crippen LogP contribution in [0.4, 0.5) is 0 Å². The minimum Gasteiger partial charge on any atom is -0.496 e. The largest absolute Gasteiger partial charge is 0.496 e. The van der Waals surface area contributed by atoms with Crippen molar-refractivity contribution in [3.05, 3.63) is 28.8 Å². The summed E-state index contributed by atoms with van der Waals surface area (Å²) in [6.45, 7) is 6.16. The predicted octanol–water partition coefficient (Wildman–Crippen LogP) is 3.86. The molecule has 0 saturated heterocycles. The Hall–Kier alpha value is -0.770. The molecule has 0 heterocycles. The van der Waals surface area contributed by atoms with Crippen LogP contribution in [-0.2, 0) is 0 Å². The molecule has 21 heavy (non-hydrogen) atoms. The molecule has 2 N–H and O–H groups in total. The Morgan fingerprint density at radius 3 is 2.62 bits per heavy atom. The lowest BCUT2D eigenvalue weighted by Gasteiger charge is -2.33. The SMILES string of the molecule is COc1cccc(Cl)c1C(CN)N(CCC(C)C)C1CC1. The first kappa shape index (κ1) is 16.6. The van der Waals surface area contributed by atoms with E-state index in [1.165, 1.54) is 19.3 Å². The van der Waals surface area contributed by atoms with Crippen LogP contribution in [0.5, 0.6) is 5.75 Å². The first-order valence-electron chi connectivity index (χ1n) is 7.86. The second-order valence-electron chi connectivity index (χ2n) is 6.26. The van der Waals surface area contributed by atoms with Crippen molar-refractivity contribution in [2.24, 2.45) is 11.7 Å². The number of methoxy groups -OCH3 is 1. The number of rotatable bonds is 8. The molecule has 1 atom stereocenters. The average molecular weight is 311 g/mol. The predicted molar refractivity (Wildman–Crippen MR) is 89.0 cm³/mol. The molecule has 1 aliphatic rings. The van der Waals surface area contributed by atoms with Crippen LogP contribution in [0.1, 0.15) is 44.7 Å². The van der Waals surface area contributed by atoms with Crippen LogP contribution in [0, 0.1) is 5.92 Å². The summed E-state index contributed by atoms with van der Waals surface area (Å²) in [5.74, 6) is 1.53. The third-order valence-corrected chi connectivity index (χ3v) is 4.50. The highest BCUT2D eigenvalue weighted by atomic mass is 35.5. The van der Waals surface area contributed by atoms with Crippen molar-refractivity contribution < 1.29 is 4.74 Å². The van der Waals surface area contributed by atoms with E-state index in [9.17, 15) is 0 Å². The molecule has 2 rings (SSSR count). The fourth-order valence-corrected chi connectivity index (χ4v) is 3.14. The third kappa shape index (κ3) is 4.12. The molecule has 1 unspecified atom stereocenters. The van der Waals surface area contributed by atoms with E-state index >= 15 is 0 Å². The van der Waals surface area contributed by atoms with Gasteiger partial charge in [0.05, 0.1) is 13.2 Å². The van der Waals surface area contributed by atoms with E-state index in [2.05, 4.69) is 18.7 Å². The van der Waals surface area contributed by atoms with E-state index in [1.807, 2.05) is 18.2 Å². The van der Waals surface area contributed by atoms with Crippen molar-refractivity contribution in [3.63, 3.8) is 0 Å². The normalized spacial score (nSPS) is 16.5. The highest BCUT2D eigenvalue weighted by Gasteiger charge is 2.35. The highest BCUT2D eigenvalue weighted by molar-refractivity contribution is 6.31.